The van der Waals surface area contributed by atoms with Gasteiger partial charge < -0.3 is 5.32 Å². The number of thioether (sulfide) groups is 1. The van der Waals surface area contributed by atoms with E-state index >= 15 is 0 Å². The maximum absolute atomic E-state index is 12.7. The van der Waals surface area contributed by atoms with E-state index < -0.39 is 0 Å². The van der Waals surface area contributed by atoms with E-state index in [2.05, 4.69) is 22.3 Å². The van der Waals surface area contributed by atoms with Crippen LogP contribution in [-0.2, 0) is 4.79 Å². The van der Waals surface area contributed by atoms with E-state index in [1.807, 2.05) is 6.07 Å². The number of carbonyl (C=O) groups excluding carboxylic acids is 1. The van der Waals surface area contributed by atoms with Crippen LogP contribution in [0.1, 0.15) is 37.8 Å². The van der Waals surface area contributed by atoms with Crippen molar-refractivity contribution in [2.75, 3.05) is 11.1 Å². The molecule has 1 atom stereocenters. The average molecular weight is 395 g/mol. The van der Waals surface area contributed by atoms with Gasteiger partial charge in [-0.2, -0.15) is 4.98 Å². The third-order valence-electron chi connectivity index (χ3n) is 4.38. The normalized spacial score (nSPS) is 19.5. The number of hydrogen-bond acceptors (Lipinski definition) is 5. The van der Waals surface area contributed by atoms with Crippen LogP contribution in [0, 0.1) is 0 Å². The molecule has 1 aromatic carbocycles. The van der Waals surface area contributed by atoms with Crippen LogP contribution in [0.2, 0.25) is 10.0 Å². The Bertz CT molecular complexity index is 893. The zero-order chi connectivity index (χ0) is 17.6. The van der Waals surface area contributed by atoms with Gasteiger partial charge >= 0.3 is 0 Å². The Kier molecular flexibility index (Phi) is 4.52. The third kappa shape index (κ3) is 2.96. The molecule has 1 aliphatic carbocycles. The molecule has 0 amide bonds. The van der Waals surface area contributed by atoms with Gasteiger partial charge in [0.25, 0.3) is 0 Å². The summed E-state index contributed by atoms with van der Waals surface area (Å²) in [6.07, 6.45) is 2.21. The van der Waals surface area contributed by atoms with Crippen molar-refractivity contribution in [3.05, 3.63) is 45.1 Å². The number of fused-ring (bicyclic) bond motifs is 1. The molecule has 2 aliphatic rings. The monoisotopic (exact) mass is 394 g/mol. The minimum atomic E-state index is -0.373. The number of allylic oxidation sites excluding steroid dienone is 2. The summed E-state index contributed by atoms with van der Waals surface area (Å²) in [4.78, 5) is 17.3. The Morgan fingerprint density at radius 1 is 1.36 bits per heavy atom. The zero-order valence-corrected chi connectivity index (χ0v) is 15.9. The summed E-state index contributed by atoms with van der Waals surface area (Å²) in [6, 6.07) is 4.98. The van der Waals surface area contributed by atoms with E-state index in [4.69, 9.17) is 23.2 Å². The number of carbonyl (C=O) groups is 1. The summed E-state index contributed by atoms with van der Waals surface area (Å²) in [5.41, 5.74) is 2.48. The molecule has 4 rings (SSSR count). The van der Waals surface area contributed by atoms with Gasteiger partial charge in [-0.3, -0.25) is 4.79 Å². The van der Waals surface area contributed by atoms with Gasteiger partial charge in [-0.1, -0.05) is 48.0 Å². The van der Waals surface area contributed by atoms with Gasteiger partial charge in [0.05, 0.1) is 0 Å². The predicted octanol–water partition coefficient (Wildman–Crippen LogP) is 4.72. The van der Waals surface area contributed by atoms with Crippen molar-refractivity contribution in [2.45, 2.75) is 37.4 Å². The van der Waals surface area contributed by atoms with Gasteiger partial charge in [0.1, 0.15) is 6.04 Å². The second-order valence-corrected chi connectivity index (χ2v) is 8.03. The van der Waals surface area contributed by atoms with Crippen LogP contribution in [-0.4, -0.2) is 26.3 Å². The smallest absolute Gasteiger partial charge is 0.227 e. The molecular weight excluding hydrogens is 379 g/mol. The third-order valence-corrected chi connectivity index (χ3v) is 5.66. The van der Waals surface area contributed by atoms with Gasteiger partial charge in [-0.05, 0) is 30.7 Å². The number of hydrogen-bond donors (Lipinski definition) is 1. The van der Waals surface area contributed by atoms with Gasteiger partial charge in [0.15, 0.2) is 5.78 Å². The Morgan fingerprint density at radius 3 is 2.96 bits per heavy atom. The fourth-order valence-electron chi connectivity index (χ4n) is 3.34. The lowest BCUT2D eigenvalue weighted by Crippen LogP contribution is -2.31. The lowest BCUT2D eigenvalue weighted by Gasteiger charge is -2.32. The number of nitrogens with zero attached hydrogens (tertiary/aromatic N) is 3. The molecule has 0 spiro atoms. The topological polar surface area (TPSA) is 59.8 Å². The second-order valence-electron chi connectivity index (χ2n) is 5.96. The van der Waals surface area contributed by atoms with E-state index in [1.54, 1.807) is 28.6 Å². The van der Waals surface area contributed by atoms with Crippen LogP contribution in [0.15, 0.2) is 34.6 Å². The molecule has 0 radical (unpaired) electrons. The second kappa shape index (κ2) is 6.67. The van der Waals surface area contributed by atoms with Crippen LogP contribution in [0.3, 0.4) is 0 Å². The number of ketones is 1. The molecule has 0 saturated carbocycles. The van der Waals surface area contributed by atoms with Crippen LogP contribution in [0.5, 0.6) is 0 Å². The van der Waals surface area contributed by atoms with Crippen molar-refractivity contribution >= 4 is 46.7 Å². The average Bonchev–Trinajstić information content (AvgIpc) is 2.96. The molecule has 8 heteroatoms. The summed E-state index contributed by atoms with van der Waals surface area (Å²) in [5, 5.41) is 9.69. The first-order valence-corrected chi connectivity index (χ1v) is 9.90. The Morgan fingerprint density at radius 2 is 2.20 bits per heavy atom. The molecule has 1 aromatic heterocycles. The lowest BCUT2D eigenvalue weighted by atomic mass is 9.85. The summed E-state index contributed by atoms with van der Waals surface area (Å²) in [7, 11) is 0. The molecule has 130 valence electrons. The van der Waals surface area contributed by atoms with Crippen LogP contribution < -0.4 is 5.32 Å². The van der Waals surface area contributed by atoms with E-state index in [-0.39, 0.29) is 11.8 Å². The Labute approximate surface area is 159 Å². The molecule has 0 bridgehead atoms. The fourth-order valence-corrected chi connectivity index (χ4v) is 4.40. The molecule has 0 saturated heterocycles. The maximum atomic E-state index is 12.7. The van der Waals surface area contributed by atoms with Crippen molar-refractivity contribution in [3.63, 3.8) is 0 Å². The molecule has 1 N–H and O–H groups in total. The number of halogens is 2. The number of rotatable bonds is 3. The number of anilines is 1. The molecule has 2 heterocycles. The Balaban J connectivity index is 1.91. The fraction of sp³-hybridized carbons (Fsp3) is 0.353. The number of benzene rings is 1. The van der Waals surface area contributed by atoms with E-state index in [0.29, 0.717) is 27.6 Å². The van der Waals surface area contributed by atoms with E-state index in [1.165, 1.54) is 0 Å². The van der Waals surface area contributed by atoms with Gasteiger partial charge in [-0.15, -0.1) is 5.10 Å². The van der Waals surface area contributed by atoms with E-state index in [0.717, 1.165) is 35.4 Å². The summed E-state index contributed by atoms with van der Waals surface area (Å²) in [6.45, 7) is 2.05. The molecule has 5 nitrogen and oxygen atoms in total. The predicted molar refractivity (Wildman–Crippen MR) is 101 cm³/mol. The van der Waals surface area contributed by atoms with Gasteiger partial charge in [-0.25, -0.2) is 4.68 Å². The highest BCUT2D eigenvalue weighted by Gasteiger charge is 2.37. The lowest BCUT2D eigenvalue weighted by molar-refractivity contribution is -0.116. The van der Waals surface area contributed by atoms with Crippen molar-refractivity contribution in [3.8, 4) is 0 Å². The quantitative estimate of drug-likeness (QED) is 0.763. The highest BCUT2D eigenvalue weighted by molar-refractivity contribution is 7.99. The largest absolute Gasteiger partial charge is 0.328 e. The van der Waals surface area contributed by atoms with Crippen molar-refractivity contribution < 1.29 is 4.79 Å². The first-order valence-electron chi connectivity index (χ1n) is 8.16. The highest BCUT2D eigenvalue weighted by Crippen LogP contribution is 2.42. The first kappa shape index (κ1) is 16.9. The SMILES string of the molecule is CCSc1nc2n(n1)[C@H](c1ccc(Cl)cc1Cl)C1=C(CCCC1=O)N2. The number of nitrogens with one attached hydrogen (secondary N) is 1. The Hall–Kier alpha value is -1.50. The first-order chi connectivity index (χ1) is 12.1. The van der Waals surface area contributed by atoms with Crippen molar-refractivity contribution in [1.82, 2.24) is 14.8 Å². The summed E-state index contributed by atoms with van der Waals surface area (Å²) >= 11 is 14.1. The molecular formula is C17H16Cl2N4OS. The molecule has 1 aliphatic heterocycles. The minimum Gasteiger partial charge on any atom is -0.328 e. The summed E-state index contributed by atoms with van der Waals surface area (Å²) < 4.78 is 1.77. The van der Waals surface area contributed by atoms with Crippen LogP contribution in [0.4, 0.5) is 5.95 Å². The molecule has 0 fully saturated rings. The van der Waals surface area contributed by atoms with Crippen LogP contribution >= 0.6 is 35.0 Å². The van der Waals surface area contributed by atoms with Crippen molar-refractivity contribution in [2.24, 2.45) is 0 Å². The number of aromatic nitrogens is 3. The van der Waals surface area contributed by atoms with Crippen molar-refractivity contribution in [1.29, 1.82) is 0 Å². The molecule has 0 unspecified atom stereocenters. The molecule has 25 heavy (non-hydrogen) atoms. The standard InChI is InChI=1S/C17H16Cl2N4OS/c1-2-25-17-21-16-20-12-4-3-5-13(24)14(12)15(23(16)22-17)10-7-6-9(18)8-11(10)19/h6-8,15H,2-5H2,1H3,(H,20,21,22)/t15-/m1/s1. The van der Waals surface area contributed by atoms with E-state index in [9.17, 15) is 4.79 Å². The van der Waals surface area contributed by atoms with Gasteiger partial charge in [0.2, 0.25) is 11.1 Å². The highest BCUT2D eigenvalue weighted by atomic mass is 35.5. The van der Waals surface area contributed by atoms with Gasteiger partial charge in [0, 0.05) is 33.3 Å². The molecule has 2 aromatic rings. The van der Waals surface area contributed by atoms with Crippen LogP contribution in [0.25, 0.3) is 0 Å². The minimum absolute atomic E-state index is 0.135. The maximum Gasteiger partial charge on any atom is 0.227 e. The summed E-state index contributed by atoms with van der Waals surface area (Å²) in [5.74, 6) is 1.66. The zero-order valence-electron chi connectivity index (χ0n) is 13.6. The number of Topliss-reactive ketones (excluding diaryl/α,β-unsaturated/α-hetero) is 1.